The van der Waals surface area contributed by atoms with Crippen molar-refractivity contribution >= 4 is 39.3 Å². The van der Waals surface area contributed by atoms with Crippen LogP contribution in [0.1, 0.15) is 24.8 Å². The van der Waals surface area contributed by atoms with Crippen LogP contribution in [-0.4, -0.2) is 24.7 Å². The maximum atomic E-state index is 11.8. The van der Waals surface area contributed by atoms with Gasteiger partial charge in [-0.05, 0) is 38.6 Å². The highest BCUT2D eigenvalue weighted by molar-refractivity contribution is 7.99. The molecule has 0 saturated carbocycles. The quantitative estimate of drug-likeness (QED) is 0.717. The Balaban J connectivity index is 2.12. The molecule has 0 amide bonds. The molecule has 21 heavy (non-hydrogen) atoms. The number of fused-ring (bicyclic) bond motifs is 1. The van der Waals surface area contributed by atoms with E-state index in [0.717, 1.165) is 15.1 Å². The second-order valence-corrected chi connectivity index (χ2v) is 7.03. The summed E-state index contributed by atoms with van der Waals surface area (Å²) in [5.74, 6) is 0.223. The summed E-state index contributed by atoms with van der Waals surface area (Å²) in [7, 11) is 0. The molecule has 3 N–H and O–H groups in total. The van der Waals surface area contributed by atoms with Crippen LogP contribution in [0.25, 0.3) is 10.2 Å². The minimum absolute atomic E-state index is 0.0117. The third kappa shape index (κ3) is 2.54. The number of hydrogen-bond donors (Lipinski definition) is 2. The van der Waals surface area contributed by atoms with Gasteiger partial charge in [-0.15, -0.1) is 16.4 Å². The third-order valence-electron chi connectivity index (χ3n) is 2.87. The van der Waals surface area contributed by atoms with E-state index >= 15 is 0 Å². The SMILES string of the molecule is Cc1cc2c(Sc3n[nH]c(=O)n3C(C)C)nc(N)nc2s1. The van der Waals surface area contributed by atoms with Crippen LogP contribution in [0, 0.1) is 6.92 Å². The standard InChI is InChI=1S/C12H14N6OS2/c1-5(2)18-11(19)16-17-12(18)21-9-7-4-6(3)20-8(7)14-10(13)15-9/h4-5H,1-3H3,(H,16,19)(H2,13,14,15). The first-order chi connectivity index (χ1) is 9.95. The topological polar surface area (TPSA) is 102 Å². The van der Waals surface area contributed by atoms with Crippen LogP contribution in [0.5, 0.6) is 0 Å². The lowest BCUT2D eigenvalue weighted by Crippen LogP contribution is -2.19. The minimum Gasteiger partial charge on any atom is -0.368 e. The maximum absolute atomic E-state index is 11.8. The van der Waals surface area contributed by atoms with Gasteiger partial charge in [0, 0.05) is 16.3 Å². The van der Waals surface area contributed by atoms with Gasteiger partial charge in [0.2, 0.25) is 5.95 Å². The van der Waals surface area contributed by atoms with Gasteiger partial charge in [-0.25, -0.2) is 19.9 Å². The lowest BCUT2D eigenvalue weighted by atomic mass is 10.4. The van der Waals surface area contributed by atoms with E-state index in [2.05, 4.69) is 20.2 Å². The van der Waals surface area contributed by atoms with E-state index < -0.39 is 0 Å². The van der Waals surface area contributed by atoms with Gasteiger partial charge in [0.25, 0.3) is 0 Å². The highest BCUT2D eigenvalue weighted by atomic mass is 32.2. The predicted molar refractivity (Wildman–Crippen MR) is 83.9 cm³/mol. The molecular weight excluding hydrogens is 308 g/mol. The zero-order chi connectivity index (χ0) is 15.1. The van der Waals surface area contributed by atoms with E-state index in [0.29, 0.717) is 10.2 Å². The molecular formula is C12H14N6OS2. The van der Waals surface area contributed by atoms with Crippen LogP contribution in [0.3, 0.4) is 0 Å². The predicted octanol–water partition coefficient (Wildman–Crippen LogP) is 2.20. The van der Waals surface area contributed by atoms with Crippen molar-refractivity contribution in [3.8, 4) is 0 Å². The molecule has 3 aromatic rings. The van der Waals surface area contributed by atoms with Gasteiger partial charge < -0.3 is 5.73 Å². The Morgan fingerprint density at radius 1 is 1.43 bits per heavy atom. The molecule has 0 unspecified atom stereocenters. The first-order valence-corrected chi connectivity index (χ1v) is 7.97. The summed E-state index contributed by atoms with van der Waals surface area (Å²) in [6, 6.07) is 2.03. The van der Waals surface area contributed by atoms with Crippen LogP contribution >= 0.6 is 23.1 Å². The molecule has 0 fully saturated rings. The molecule has 110 valence electrons. The fraction of sp³-hybridized carbons (Fsp3) is 0.333. The lowest BCUT2D eigenvalue weighted by molar-refractivity contribution is 0.534. The van der Waals surface area contributed by atoms with Crippen molar-refractivity contribution in [2.45, 2.75) is 37.0 Å². The molecule has 0 aliphatic heterocycles. The maximum Gasteiger partial charge on any atom is 0.344 e. The summed E-state index contributed by atoms with van der Waals surface area (Å²) in [4.78, 5) is 22.3. The Hall–Kier alpha value is -1.87. The number of hydrogen-bond acceptors (Lipinski definition) is 7. The first-order valence-electron chi connectivity index (χ1n) is 6.34. The van der Waals surface area contributed by atoms with Gasteiger partial charge in [0.05, 0.1) is 0 Å². The number of aromatic nitrogens is 5. The van der Waals surface area contributed by atoms with Crippen LogP contribution in [0.4, 0.5) is 5.95 Å². The molecule has 0 spiro atoms. The largest absolute Gasteiger partial charge is 0.368 e. The summed E-state index contributed by atoms with van der Waals surface area (Å²) < 4.78 is 1.59. The average molecular weight is 322 g/mol. The first kappa shape index (κ1) is 14.1. The lowest BCUT2D eigenvalue weighted by Gasteiger charge is -2.08. The molecule has 0 atom stereocenters. The second-order valence-electron chi connectivity index (χ2n) is 4.84. The van der Waals surface area contributed by atoms with E-state index in [-0.39, 0.29) is 17.7 Å². The van der Waals surface area contributed by atoms with E-state index in [4.69, 9.17) is 5.73 Å². The number of nitrogens with zero attached hydrogens (tertiary/aromatic N) is 4. The Bertz CT molecular complexity index is 862. The van der Waals surface area contributed by atoms with Gasteiger partial charge >= 0.3 is 5.69 Å². The van der Waals surface area contributed by atoms with Crippen LogP contribution in [-0.2, 0) is 0 Å². The van der Waals surface area contributed by atoms with Gasteiger partial charge in [-0.3, -0.25) is 4.57 Å². The van der Waals surface area contributed by atoms with E-state index in [1.54, 1.807) is 15.9 Å². The average Bonchev–Trinajstić information content (AvgIpc) is 2.92. The summed E-state index contributed by atoms with van der Waals surface area (Å²) in [5, 5.41) is 8.75. The molecule has 0 aliphatic carbocycles. The highest BCUT2D eigenvalue weighted by Crippen LogP contribution is 2.34. The number of nitrogens with two attached hydrogens (primary N) is 1. The summed E-state index contributed by atoms with van der Waals surface area (Å²) in [6.07, 6.45) is 0. The number of nitrogen functional groups attached to an aromatic ring is 1. The number of aryl methyl sites for hydroxylation is 1. The van der Waals surface area contributed by atoms with Crippen molar-refractivity contribution in [3.05, 3.63) is 21.4 Å². The van der Waals surface area contributed by atoms with Crippen molar-refractivity contribution in [3.63, 3.8) is 0 Å². The fourth-order valence-electron chi connectivity index (χ4n) is 2.01. The Labute approximate surface area is 128 Å². The van der Waals surface area contributed by atoms with E-state index in [9.17, 15) is 4.79 Å². The Morgan fingerprint density at radius 2 is 2.19 bits per heavy atom. The summed E-state index contributed by atoms with van der Waals surface area (Å²) >= 11 is 2.88. The number of H-pyrrole nitrogens is 1. The summed E-state index contributed by atoms with van der Waals surface area (Å²) in [6.45, 7) is 5.87. The molecule has 3 rings (SSSR count). The smallest absolute Gasteiger partial charge is 0.344 e. The van der Waals surface area contributed by atoms with Gasteiger partial charge in [-0.2, -0.15) is 0 Å². The molecule has 3 heterocycles. The van der Waals surface area contributed by atoms with Crippen molar-refractivity contribution in [2.24, 2.45) is 0 Å². The van der Waals surface area contributed by atoms with Gasteiger partial charge in [0.15, 0.2) is 5.16 Å². The molecule has 0 aromatic carbocycles. The zero-order valence-electron chi connectivity index (χ0n) is 11.7. The molecule has 7 nitrogen and oxygen atoms in total. The number of aromatic amines is 1. The van der Waals surface area contributed by atoms with Crippen molar-refractivity contribution in [1.82, 2.24) is 24.7 Å². The van der Waals surface area contributed by atoms with Crippen LogP contribution in [0.15, 0.2) is 21.0 Å². The third-order valence-corrected chi connectivity index (χ3v) is 4.79. The molecule has 0 bridgehead atoms. The van der Waals surface area contributed by atoms with Crippen LogP contribution in [0.2, 0.25) is 0 Å². The highest BCUT2D eigenvalue weighted by Gasteiger charge is 2.17. The molecule has 9 heteroatoms. The minimum atomic E-state index is -0.229. The summed E-state index contributed by atoms with van der Waals surface area (Å²) in [5.41, 5.74) is 5.54. The van der Waals surface area contributed by atoms with E-state index in [1.807, 2.05) is 26.8 Å². The molecule has 0 saturated heterocycles. The van der Waals surface area contributed by atoms with Gasteiger partial charge in [-0.1, -0.05) is 0 Å². The zero-order valence-corrected chi connectivity index (χ0v) is 13.4. The number of anilines is 1. The number of nitrogens with one attached hydrogen (secondary N) is 1. The van der Waals surface area contributed by atoms with E-state index in [1.165, 1.54) is 11.8 Å². The fourth-order valence-corrected chi connectivity index (χ4v) is 4.03. The van der Waals surface area contributed by atoms with Crippen molar-refractivity contribution < 1.29 is 0 Å². The number of rotatable bonds is 3. The molecule has 0 aliphatic rings. The second kappa shape index (κ2) is 5.15. The molecule has 0 radical (unpaired) electrons. The Kier molecular flexibility index (Phi) is 3.46. The van der Waals surface area contributed by atoms with Crippen molar-refractivity contribution in [2.75, 3.05) is 5.73 Å². The number of thiophene rings is 1. The van der Waals surface area contributed by atoms with Crippen molar-refractivity contribution in [1.29, 1.82) is 0 Å². The van der Waals surface area contributed by atoms with Gasteiger partial charge in [0.1, 0.15) is 9.86 Å². The normalized spacial score (nSPS) is 11.6. The monoisotopic (exact) mass is 322 g/mol. The Morgan fingerprint density at radius 3 is 2.90 bits per heavy atom. The van der Waals surface area contributed by atoms with Crippen LogP contribution < -0.4 is 11.4 Å². The molecule has 3 aromatic heterocycles.